The van der Waals surface area contributed by atoms with Gasteiger partial charge < -0.3 is 15.2 Å². The van der Waals surface area contributed by atoms with Crippen molar-refractivity contribution in [3.05, 3.63) is 88.9 Å². The average molecular weight is 428 g/mol. The quantitative estimate of drug-likeness (QED) is 0.477. The monoisotopic (exact) mass is 428 g/mol. The molecule has 162 valence electrons. The Labute approximate surface area is 186 Å². The number of nitrogens with one attached hydrogen (secondary N) is 2. The molecule has 0 unspecified atom stereocenters. The Balaban J connectivity index is 1.51. The van der Waals surface area contributed by atoms with Gasteiger partial charge >= 0.3 is 6.03 Å². The molecule has 0 aliphatic carbocycles. The van der Waals surface area contributed by atoms with Crippen molar-refractivity contribution < 1.29 is 14.4 Å². The first-order valence-corrected chi connectivity index (χ1v) is 10.3. The molecular formula is C25H24N4O3. The second-order valence-corrected chi connectivity index (χ2v) is 7.89. The molecule has 2 heterocycles. The molecule has 0 saturated carbocycles. The molecule has 3 aromatic rings. The molecule has 1 aliphatic heterocycles. The van der Waals surface area contributed by atoms with Crippen molar-refractivity contribution in [2.45, 2.75) is 20.8 Å². The van der Waals surface area contributed by atoms with E-state index in [0.29, 0.717) is 5.69 Å². The summed E-state index contributed by atoms with van der Waals surface area (Å²) in [4.78, 5) is 38.5. The molecule has 0 radical (unpaired) electrons. The minimum atomic E-state index is -0.620. The summed E-state index contributed by atoms with van der Waals surface area (Å²) in [5.74, 6) is -0.986. The van der Waals surface area contributed by atoms with Gasteiger partial charge in [0.15, 0.2) is 0 Å². The Morgan fingerprint density at radius 1 is 1.00 bits per heavy atom. The van der Waals surface area contributed by atoms with E-state index in [9.17, 15) is 14.4 Å². The fourth-order valence-electron chi connectivity index (χ4n) is 3.65. The summed E-state index contributed by atoms with van der Waals surface area (Å²) in [6.07, 6.45) is 3.52. The second-order valence-electron chi connectivity index (χ2n) is 7.89. The van der Waals surface area contributed by atoms with Gasteiger partial charge in [0.05, 0.1) is 0 Å². The SMILES string of the molecule is Cc1ccc(NC(=O)CN2C(=O)N/C(=C/c3cccn3-c3ccc(C)cc3C)C2=O)cc1. The molecular weight excluding hydrogens is 404 g/mol. The van der Waals surface area contributed by atoms with Gasteiger partial charge in [0, 0.05) is 23.3 Å². The third-order valence-electron chi connectivity index (χ3n) is 5.28. The van der Waals surface area contributed by atoms with Gasteiger partial charge in [-0.1, -0.05) is 35.4 Å². The summed E-state index contributed by atoms with van der Waals surface area (Å²) in [6.45, 7) is 5.64. The van der Waals surface area contributed by atoms with E-state index < -0.39 is 17.8 Å². The highest BCUT2D eigenvalue weighted by Gasteiger charge is 2.35. The van der Waals surface area contributed by atoms with E-state index in [1.54, 1.807) is 18.2 Å². The van der Waals surface area contributed by atoms with Crippen molar-refractivity contribution in [1.29, 1.82) is 0 Å². The van der Waals surface area contributed by atoms with Crippen molar-refractivity contribution >= 4 is 29.6 Å². The highest BCUT2D eigenvalue weighted by Crippen LogP contribution is 2.21. The van der Waals surface area contributed by atoms with Crippen LogP contribution in [0.15, 0.2) is 66.5 Å². The summed E-state index contributed by atoms with van der Waals surface area (Å²) in [5, 5.41) is 5.28. The van der Waals surface area contributed by atoms with Crippen LogP contribution in [0.4, 0.5) is 10.5 Å². The number of carbonyl (C=O) groups is 3. The fraction of sp³-hybridized carbons (Fsp3) is 0.160. The topological polar surface area (TPSA) is 83.4 Å². The second kappa shape index (κ2) is 8.55. The molecule has 4 rings (SSSR count). The van der Waals surface area contributed by atoms with Gasteiger partial charge in [-0.05, 0) is 62.7 Å². The van der Waals surface area contributed by atoms with Crippen LogP contribution < -0.4 is 10.6 Å². The lowest BCUT2D eigenvalue weighted by molar-refractivity contribution is -0.127. The third-order valence-corrected chi connectivity index (χ3v) is 5.28. The maximum absolute atomic E-state index is 12.8. The van der Waals surface area contributed by atoms with E-state index in [1.807, 2.05) is 67.9 Å². The number of anilines is 1. The number of aryl methyl sites for hydroxylation is 3. The molecule has 0 atom stereocenters. The van der Waals surface area contributed by atoms with Crippen LogP contribution in [0.2, 0.25) is 0 Å². The molecule has 1 aliphatic rings. The number of hydrogen-bond donors (Lipinski definition) is 2. The van der Waals surface area contributed by atoms with Crippen LogP contribution in [-0.2, 0) is 9.59 Å². The van der Waals surface area contributed by atoms with Crippen molar-refractivity contribution in [2.24, 2.45) is 0 Å². The van der Waals surface area contributed by atoms with Crippen LogP contribution in [-0.4, -0.2) is 33.9 Å². The van der Waals surface area contributed by atoms with Gasteiger partial charge in [-0.15, -0.1) is 0 Å². The molecule has 1 saturated heterocycles. The van der Waals surface area contributed by atoms with Crippen molar-refractivity contribution in [3.8, 4) is 5.69 Å². The maximum atomic E-state index is 12.8. The lowest BCUT2D eigenvalue weighted by atomic mass is 10.1. The van der Waals surface area contributed by atoms with Crippen molar-refractivity contribution in [2.75, 3.05) is 11.9 Å². The molecule has 7 nitrogen and oxygen atoms in total. The number of amides is 4. The molecule has 2 N–H and O–H groups in total. The summed E-state index contributed by atoms with van der Waals surface area (Å²) < 4.78 is 1.95. The minimum Gasteiger partial charge on any atom is -0.325 e. The van der Waals surface area contributed by atoms with E-state index in [-0.39, 0.29) is 12.2 Å². The largest absolute Gasteiger partial charge is 0.329 e. The predicted octanol–water partition coefficient (Wildman–Crippen LogP) is 3.93. The van der Waals surface area contributed by atoms with Gasteiger partial charge in [-0.3, -0.25) is 9.59 Å². The lowest BCUT2D eigenvalue weighted by Crippen LogP contribution is -2.38. The Morgan fingerprint density at radius 3 is 2.44 bits per heavy atom. The average Bonchev–Trinajstić information content (AvgIpc) is 3.30. The number of hydrogen-bond acceptors (Lipinski definition) is 3. The zero-order chi connectivity index (χ0) is 22.8. The van der Waals surface area contributed by atoms with Crippen LogP contribution in [0.25, 0.3) is 11.8 Å². The van der Waals surface area contributed by atoms with Gasteiger partial charge in [-0.2, -0.15) is 0 Å². The van der Waals surface area contributed by atoms with E-state index in [4.69, 9.17) is 0 Å². The summed E-state index contributed by atoms with van der Waals surface area (Å²) in [6, 6.07) is 16.5. The summed E-state index contributed by atoms with van der Waals surface area (Å²) in [7, 11) is 0. The van der Waals surface area contributed by atoms with Gasteiger partial charge in [0.2, 0.25) is 5.91 Å². The Bertz CT molecular complexity index is 1240. The van der Waals surface area contributed by atoms with Gasteiger partial charge in [0.1, 0.15) is 12.2 Å². The minimum absolute atomic E-state index is 0.128. The zero-order valence-electron chi connectivity index (χ0n) is 18.2. The Hall–Kier alpha value is -4.13. The first kappa shape index (κ1) is 21.1. The zero-order valence-corrected chi connectivity index (χ0v) is 18.2. The summed E-state index contributed by atoms with van der Waals surface area (Å²) in [5.41, 5.74) is 5.79. The van der Waals surface area contributed by atoms with E-state index in [0.717, 1.165) is 33.0 Å². The number of benzene rings is 2. The molecule has 4 amide bonds. The fourth-order valence-corrected chi connectivity index (χ4v) is 3.65. The number of aromatic nitrogens is 1. The van der Waals surface area contributed by atoms with Crippen LogP contribution >= 0.6 is 0 Å². The van der Waals surface area contributed by atoms with Crippen molar-refractivity contribution in [3.63, 3.8) is 0 Å². The highest BCUT2D eigenvalue weighted by atomic mass is 16.2. The number of carbonyl (C=O) groups excluding carboxylic acids is 3. The van der Waals surface area contributed by atoms with Crippen LogP contribution in [0.5, 0.6) is 0 Å². The Kier molecular flexibility index (Phi) is 5.64. The number of urea groups is 1. The third kappa shape index (κ3) is 4.32. The first-order chi connectivity index (χ1) is 15.3. The van der Waals surface area contributed by atoms with Gasteiger partial charge in [-0.25, -0.2) is 9.69 Å². The number of nitrogens with zero attached hydrogens (tertiary/aromatic N) is 2. The smallest absolute Gasteiger partial charge is 0.325 e. The van der Waals surface area contributed by atoms with Crippen LogP contribution in [0, 0.1) is 20.8 Å². The molecule has 7 heteroatoms. The molecule has 0 spiro atoms. The first-order valence-electron chi connectivity index (χ1n) is 10.3. The molecule has 1 fully saturated rings. The Morgan fingerprint density at radius 2 is 1.72 bits per heavy atom. The standard InChI is InChI=1S/C25H24N4O3/c1-16-6-9-19(10-7-16)26-23(30)15-29-24(31)21(27-25(29)32)14-20-5-4-12-28(20)22-11-8-17(2)13-18(22)3/h4-14H,15H2,1-3H3,(H,26,30)(H,27,32)/b21-14+. The van der Waals surface area contributed by atoms with Crippen molar-refractivity contribution in [1.82, 2.24) is 14.8 Å². The number of rotatable bonds is 5. The molecule has 1 aromatic heterocycles. The maximum Gasteiger partial charge on any atom is 0.329 e. The molecule has 0 bridgehead atoms. The van der Waals surface area contributed by atoms with E-state index in [1.165, 1.54) is 0 Å². The van der Waals surface area contributed by atoms with E-state index >= 15 is 0 Å². The normalized spacial score (nSPS) is 14.7. The summed E-state index contributed by atoms with van der Waals surface area (Å²) >= 11 is 0. The van der Waals surface area contributed by atoms with Crippen LogP contribution in [0.1, 0.15) is 22.4 Å². The number of imide groups is 1. The predicted molar refractivity (Wildman–Crippen MR) is 123 cm³/mol. The molecule has 32 heavy (non-hydrogen) atoms. The lowest BCUT2D eigenvalue weighted by Gasteiger charge is -2.12. The molecule has 2 aromatic carbocycles. The van der Waals surface area contributed by atoms with E-state index in [2.05, 4.69) is 16.7 Å². The van der Waals surface area contributed by atoms with Crippen LogP contribution in [0.3, 0.4) is 0 Å². The van der Waals surface area contributed by atoms with Gasteiger partial charge in [0.25, 0.3) is 5.91 Å². The highest BCUT2D eigenvalue weighted by molar-refractivity contribution is 6.15.